The Kier molecular flexibility index (Phi) is 3.96. The van der Waals surface area contributed by atoms with E-state index in [2.05, 4.69) is 42.9 Å². The van der Waals surface area contributed by atoms with Crippen molar-refractivity contribution in [2.45, 2.75) is 52.6 Å². The van der Waals surface area contributed by atoms with Gasteiger partial charge in [-0.25, -0.2) is 0 Å². The monoisotopic (exact) mass is 360 g/mol. The Labute approximate surface area is 151 Å². The zero-order valence-electron chi connectivity index (χ0n) is 14.4. The number of nitrogens with one attached hydrogen (secondary N) is 2. The molecule has 0 saturated heterocycles. The molecule has 0 unspecified atom stereocenters. The molecule has 0 saturated carbocycles. The standard InChI is InChI=1S/C19H24N2OS2/c1-4-19(2,3)11-7-8-12-14(10-11)24-18-15(12)17(22)20-16(21-18)13-6-5-9-23-13/h5-6,9,11,16,21H,4,7-8,10H2,1-3H3,(H,20,22)/t11-,16-/m0/s1. The highest BCUT2D eigenvalue weighted by molar-refractivity contribution is 7.16. The largest absolute Gasteiger partial charge is 0.352 e. The zero-order chi connectivity index (χ0) is 16.9. The Morgan fingerprint density at radius 2 is 2.17 bits per heavy atom. The van der Waals surface area contributed by atoms with Crippen LogP contribution in [0.1, 0.15) is 65.5 Å². The van der Waals surface area contributed by atoms with Crippen LogP contribution >= 0.6 is 22.7 Å². The average Bonchev–Trinajstić information content (AvgIpc) is 3.21. The highest BCUT2D eigenvalue weighted by atomic mass is 32.1. The molecule has 0 fully saturated rings. The first-order valence-electron chi connectivity index (χ1n) is 8.75. The van der Waals surface area contributed by atoms with Gasteiger partial charge in [-0.15, -0.1) is 22.7 Å². The third-order valence-corrected chi connectivity index (χ3v) is 8.01. The lowest BCUT2D eigenvalue weighted by atomic mass is 9.69. The topological polar surface area (TPSA) is 41.1 Å². The van der Waals surface area contributed by atoms with Crippen LogP contribution in [0.3, 0.4) is 0 Å². The van der Waals surface area contributed by atoms with Crippen molar-refractivity contribution < 1.29 is 4.79 Å². The van der Waals surface area contributed by atoms with Crippen molar-refractivity contribution >= 4 is 33.6 Å². The van der Waals surface area contributed by atoms with Crippen LogP contribution in [0.5, 0.6) is 0 Å². The van der Waals surface area contributed by atoms with Crippen molar-refractivity contribution in [2.75, 3.05) is 5.32 Å². The Hall–Kier alpha value is -1.33. The molecule has 2 atom stereocenters. The molecule has 5 heteroatoms. The van der Waals surface area contributed by atoms with Gasteiger partial charge in [0.05, 0.1) is 5.56 Å². The first kappa shape index (κ1) is 16.2. The second-order valence-corrected chi connectivity index (χ2v) is 9.64. The van der Waals surface area contributed by atoms with Gasteiger partial charge in [-0.2, -0.15) is 0 Å². The number of rotatable bonds is 3. The van der Waals surface area contributed by atoms with Crippen LogP contribution < -0.4 is 10.6 Å². The fourth-order valence-corrected chi connectivity index (χ4v) is 5.93. The second-order valence-electron chi connectivity index (χ2n) is 7.56. The molecule has 1 amide bonds. The van der Waals surface area contributed by atoms with E-state index in [1.165, 1.54) is 23.3 Å². The molecule has 0 aromatic carbocycles. The van der Waals surface area contributed by atoms with Gasteiger partial charge in [0.15, 0.2) is 0 Å². The van der Waals surface area contributed by atoms with Gasteiger partial charge in [-0.3, -0.25) is 4.79 Å². The molecule has 3 heterocycles. The molecule has 0 spiro atoms. The molecule has 4 rings (SSSR count). The maximum absolute atomic E-state index is 12.7. The summed E-state index contributed by atoms with van der Waals surface area (Å²) >= 11 is 3.48. The maximum Gasteiger partial charge on any atom is 0.256 e. The molecule has 0 radical (unpaired) electrons. The van der Waals surface area contributed by atoms with Crippen molar-refractivity contribution in [3.8, 4) is 0 Å². The summed E-state index contributed by atoms with van der Waals surface area (Å²) in [4.78, 5) is 15.3. The van der Waals surface area contributed by atoms with E-state index in [-0.39, 0.29) is 12.1 Å². The van der Waals surface area contributed by atoms with E-state index >= 15 is 0 Å². The van der Waals surface area contributed by atoms with Gasteiger partial charge in [-0.1, -0.05) is 33.3 Å². The number of carbonyl (C=O) groups excluding carboxylic acids is 1. The molecule has 2 aliphatic rings. The van der Waals surface area contributed by atoms with Gasteiger partial charge in [0.1, 0.15) is 11.2 Å². The van der Waals surface area contributed by atoms with Crippen LogP contribution in [-0.2, 0) is 12.8 Å². The van der Waals surface area contributed by atoms with Crippen molar-refractivity contribution in [1.82, 2.24) is 5.32 Å². The molecule has 1 aliphatic carbocycles. The van der Waals surface area contributed by atoms with Gasteiger partial charge in [0.25, 0.3) is 5.91 Å². The minimum atomic E-state index is -0.0898. The van der Waals surface area contributed by atoms with E-state index in [9.17, 15) is 4.79 Å². The summed E-state index contributed by atoms with van der Waals surface area (Å²) < 4.78 is 0. The lowest BCUT2D eigenvalue weighted by Crippen LogP contribution is -2.38. The molecule has 2 N–H and O–H groups in total. The number of fused-ring (bicyclic) bond motifs is 3. The zero-order valence-corrected chi connectivity index (χ0v) is 16.1. The van der Waals surface area contributed by atoms with E-state index in [0.29, 0.717) is 11.3 Å². The summed E-state index contributed by atoms with van der Waals surface area (Å²) in [5, 5.41) is 9.80. The smallest absolute Gasteiger partial charge is 0.256 e. The predicted octanol–water partition coefficient (Wildman–Crippen LogP) is 5.20. The quantitative estimate of drug-likeness (QED) is 0.789. The number of hydrogen-bond donors (Lipinski definition) is 2. The summed E-state index contributed by atoms with van der Waals surface area (Å²) in [5.41, 5.74) is 2.58. The van der Waals surface area contributed by atoms with Crippen molar-refractivity contribution in [2.24, 2.45) is 11.3 Å². The number of thiophene rings is 2. The van der Waals surface area contributed by atoms with Gasteiger partial charge in [-0.05, 0) is 47.6 Å². The van der Waals surface area contributed by atoms with Crippen LogP contribution in [0.2, 0.25) is 0 Å². The fraction of sp³-hybridized carbons (Fsp3) is 0.526. The van der Waals surface area contributed by atoms with Gasteiger partial charge in [0.2, 0.25) is 0 Å². The van der Waals surface area contributed by atoms with Crippen molar-refractivity contribution in [3.05, 3.63) is 38.4 Å². The third-order valence-electron chi connectivity index (χ3n) is 5.89. The van der Waals surface area contributed by atoms with Crippen LogP contribution in [0.4, 0.5) is 5.00 Å². The summed E-state index contributed by atoms with van der Waals surface area (Å²) in [6, 6.07) is 4.10. The molecule has 3 nitrogen and oxygen atoms in total. The third kappa shape index (κ3) is 2.58. The molecule has 2 aromatic rings. The summed E-state index contributed by atoms with van der Waals surface area (Å²) in [6.07, 6.45) is 4.46. The lowest BCUT2D eigenvalue weighted by molar-refractivity contribution is 0.0935. The highest BCUT2D eigenvalue weighted by Gasteiger charge is 2.37. The van der Waals surface area contributed by atoms with E-state index in [1.807, 2.05) is 6.07 Å². The number of carbonyl (C=O) groups is 1. The molecule has 1 aliphatic heterocycles. The number of hydrogen-bond acceptors (Lipinski definition) is 4. The summed E-state index contributed by atoms with van der Waals surface area (Å²) in [7, 11) is 0. The van der Waals surface area contributed by atoms with E-state index < -0.39 is 0 Å². The van der Waals surface area contributed by atoms with E-state index in [1.54, 1.807) is 22.7 Å². The normalized spacial score (nSPS) is 23.2. The molecule has 2 aromatic heterocycles. The number of anilines is 1. The first-order valence-corrected chi connectivity index (χ1v) is 10.4. The van der Waals surface area contributed by atoms with Crippen LogP contribution in [0.15, 0.2) is 17.5 Å². The molecular formula is C19H24N2OS2. The number of amides is 1. The van der Waals surface area contributed by atoms with Crippen molar-refractivity contribution in [3.63, 3.8) is 0 Å². The van der Waals surface area contributed by atoms with Crippen LogP contribution in [0, 0.1) is 11.3 Å². The van der Waals surface area contributed by atoms with Crippen LogP contribution in [0.25, 0.3) is 0 Å². The van der Waals surface area contributed by atoms with Gasteiger partial charge >= 0.3 is 0 Å². The molecular weight excluding hydrogens is 336 g/mol. The second kappa shape index (κ2) is 5.88. The van der Waals surface area contributed by atoms with Gasteiger partial charge < -0.3 is 10.6 Å². The predicted molar refractivity (Wildman–Crippen MR) is 102 cm³/mol. The Bertz CT molecular complexity index is 761. The summed E-state index contributed by atoms with van der Waals surface area (Å²) in [6.45, 7) is 7.05. The lowest BCUT2D eigenvalue weighted by Gasteiger charge is -2.36. The average molecular weight is 361 g/mol. The SMILES string of the molecule is CCC(C)(C)[C@H]1CCc2c(sc3c2C(=O)N[C@H](c2cccs2)N3)C1. The fourth-order valence-electron chi connectivity index (χ4n) is 3.85. The first-order chi connectivity index (χ1) is 11.5. The van der Waals surface area contributed by atoms with E-state index in [0.717, 1.165) is 28.3 Å². The van der Waals surface area contributed by atoms with Gasteiger partial charge in [0, 0.05) is 9.75 Å². The van der Waals surface area contributed by atoms with Crippen LogP contribution in [-0.4, -0.2) is 5.91 Å². The maximum atomic E-state index is 12.7. The summed E-state index contributed by atoms with van der Waals surface area (Å²) in [5.74, 6) is 0.805. The molecule has 128 valence electrons. The Balaban J connectivity index is 1.64. The Morgan fingerprint density at radius 1 is 1.33 bits per heavy atom. The van der Waals surface area contributed by atoms with E-state index in [4.69, 9.17) is 0 Å². The molecule has 24 heavy (non-hydrogen) atoms. The Morgan fingerprint density at radius 3 is 2.88 bits per heavy atom. The highest BCUT2D eigenvalue weighted by Crippen LogP contribution is 2.47. The molecule has 0 bridgehead atoms. The van der Waals surface area contributed by atoms with Crippen molar-refractivity contribution in [1.29, 1.82) is 0 Å². The minimum absolute atomic E-state index is 0.0898. The minimum Gasteiger partial charge on any atom is -0.352 e.